The van der Waals surface area contributed by atoms with Gasteiger partial charge in [-0.3, -0.25) is 4.68 Å². The fourth-order valence-electron chi connectivity index (χ4n) is 2.34. The lowest BCUT2D eigenvalue weighted by Crippen LogP contribution is -2.33. The van der Waals surface area contributed by atoms with Gasteiger partial charge in [0.1, 0.15) is 5.01 Å². The van der Waals surface area contributed by atoms with Crippen LogP contribution in [0.5, 0.6) is 0 Å². The molecule has 3 heterocycles. The lowest BCUT2D eigenvalue weighted by molar-refractivity contribution is 0.168. The average molecular weight is 293 g/mol. The molecule has 1 aliphatic heterocycles. The molecule has 2 aromatic rings. The Morgan fingerprint density at radius 1 is 1.35 bits per heavy atom. The predicted molar refractivity (Wildman–Crippen MR) is 77.8 cm³/mol. The van der Waals surface area contributed by atoms with Crippen molar-refractivity contribution >= 4 is 16.5 Å². The van der Waals surface area contributed by atoms with E-state index in [4.69, 9.17) is 0 Å². The summed E-state index contributed by atoms with van der Waals surface area (Å²) in [6.45, 7) is 6.54. The predicted octanol–water partition coefficient (Wildman–Crippen LogP) is 1.76. The van der Waals surface area contributed by atoms with Crippen molar-refractivity contribution in [1.82, 2.24) is 20.0 Å². The van der Waals surface area contributed by atoms with Crippen molar-refractivity contribution in [3.63, 3.8) is 0 Å². The molecule has 20 heavy (non-hydrogen) atoms. The van der Waals surface area contributed by atoms with Gasteiger partial charge < -0.3 is 10.0 Å². The largest absolute Gasteiger partial charge is 0.387 e. The van der Waals surface area contributed by atoms with Crippen LogP contribution in [0.15, 0.2) is 6.07 Å². The van der Waals surface area contributed by atoms with E-state index in [2.05, 4.69) is 27.1 Å². The highest BCUT2D eigenvalue weighted by atomic mass is 32.1. The summed E-state index contributed by atoms with van der Waals surface area (Å²) in [5.41, 5.74) is 1.91. The SMILES string of the molecule is CCc1nnc(N2CCn3nc(C(O)CC)cc3C2)s1. The monoisotopic (exact) mass is 293 g/mol. The molecule has 1 aliphatic rings. The van der Waals surface area contributed by atoms with Gasteiger partial charge >= 0.3 is 0 Å². The molecular weight excluding hydrogens is 274 g/mol. The molecule has 0 aromatic carbocycles. The van der Waals surface area contributed by atoms with Crippen molar-refractivity contribution < 1.29 is 5.11 Å². The van der Waals surface area contributed by atoms with Crippen LogP contribution in [-0.4, -0.2) is 31.6 Å². The van der Waals surface area contributed by atoms with Gasteiger partial charge in [0.05, 0.1) is 30.6 Å². The zero-order chi connectivity index (χ0) is 14.1. The zero-order valence-corrected chi connectivity index (χ0v) is 12.6. The molecule has 0 saturated heterocycles. The number of hydrogen-bond acceptors (Lipinski definition) is 6. The van der Waals surface area contributed by atoms with Gasteiger partial charge in [-0.15, -0.1) is 10.2 Å². The van der Waals surface area contributed by atoms with Crippen molar-refractivity contribution in [3.8, 4) is 0 Å². The Morgan fingerprint density at radius 3 is 2.90 bits per heavy atom. The van der Waals surface area contributed by atoms with Crippen molar-refractivity contribution in [1.29, 1.82) is 0 Å². The highest BCUT2D eigenvalue weighted by Gasteiger charge is 2.22. The average Bonchev–Trinajstić information content (AvgIpc) is 3.11. The van der Waals surface area contributed by atoms with Crippen LogP contribution in [-0.2, 0) is 19.5 Å². The van der Waals surface area contributed by atoms with Crippen LogP contribution in [0.4, 0.5) is 5.13 Å². The Morgan fingerprint density at radius 2 is 2.20 bits per heavy atom. The van der Waals surface area contributed by atoms with Gasteiger partial charge in [-0.25, -0.2) is 0 Å². The van der Waals surface area contributed by atoms with E-state index in [-0.39, 0.29) is 0 Å². The molecule has 6 nitrogen and oxygen atoms in total. The molecule has 0 aliphatic carbocycles. The summed E-state index contributed by atoms with van der Waals surface area (Å²) >= 11 is 1.66. The molecule has 2 aromatic heterocycles. The highest BCUT2D eigenvalue weighted by molar-refractivity contribution is 7.15. The summed E-state index contributed by atoms with van der Waals surface area (Å²) in [7, 11) is 0. The number of aryl methyl sites for hydroxylation is 1. The standard InChI is InChI=1S/C13H19N5OS/c1-3-11(19)10-7-9-8-17(5-6-18(9)16-10)13-15-14-12(4-2)20-13/h7,11,19H,3-6,8H2,1-2H3. The van der Waals surface area contributed by atoms with Crippen LogP contribution < -0.4 is 4.90 Å². The molecule has 1 N–H and O–H groups in total. The molecule has 0 bridgehead atoms. The van der Waals surface area contributed by atoms with E-state index in [1.807, 2.05) is 17.7 Å². The highest BCUT2D eigenvalue weighted by Crippen LogP contribution is 2.26. The second kappa shape index (κ2) is 5.49. The topological polar surface area (TPSA) is 67.1 Å². The van der Waals surface area contributed by atoms with Crippen LogP contribution in [0.1, 0.15) is 42.8 Å². The molecule has 1 unspecified atom stereocenters. The smallest absolute Gasteiger partial charge is 0.208 e. The van der Waals surface area contributed by atoms with E-state index in [1.165, 1.54) is 0 Å². The van der Waals surface area contributed by atoms with E-state index < -0.39 is 6.10 Å². The number of aliphatic hydroxyl groups excluding tert-OH is 1. The minimum absolute atomic E-state index is 0.463. The van der Waals surface area contributed by atoms with Gasteiger partial charge in [0.25, 0.3) is 0 Å². The van der Waals surface area contributed by atoms with Gasteiger partial charge in [-0.1, -0.05) is 25.2 Å². The van der Waals surface area contributed by atoms with Gasteiger partial charge in [0.15, 0.2) is 0 Å². The second-order valence-electron chi connectivity index (χ2n) is 4.96. The Hall–Kier alpha value is -1.47. The molecule has 0 fully saturated rings. The number of hydrogen-bond donors (Lipinski definition) is 1. The molecule has 0 amide bonds. The fraction of sp³-hybridized carbons (Fsp3) is 0.615. The first-order valence-electron chi connectivity index (χ1n) is 7.03. The molecule has 1 atom stereocenters. The third-order valence-electron chi connectivity index (χ3n) is 3.57. The summed E-state index contributed by atoms with van der Waals surface area (Å²) in [5.74, 6) is 0. The normalized spacial score (nSPS) is 16.2. The van der Waals surface area contributed by atoms with E-state index in [9.17, 15) is 5.11 Å². The van der Waals surface area contributed by atoms with Gasteiger partial charge in [-0.05, 0) is 18.9 Å². The molecule has 108 valence electrons. The quantitative estimate of drug-likeness (QED) is 0.930. The van der Waals surface area contributed by atoms with E-state index in [1.54, 1.807) is 11.3 Å². The number of aromatic nitrogens is 4. The lowest BCUT2D eigenvalue weighted by atomic mass is 10.2. The number of aliphatic hydroxyl groups is 1. The minimum Gasteiger partial charge on any atom is -0.387 e. The van der Waals surface area contributed by atoms with Gasteiger partial charge in [0, 0.05) is 6.54 Å². The first-order valence-corrected chi connectivity index (χ1v) is 7.85. The van der Waals surface area contributed by atoms with Crippen LogP contribution in [0.2, 0.25) is 0 Å². The van der Waals surface area contributed by atoms with Gasteiger partial charge in [-0.2, -0.15) is 5.10 Å². The molecule has 0 saturated carbocycles. The Balaban J connectivity index is 1.79. The van der Waals surface area contributed by atoms with Crippen molar-refractivity contribution in [2.24, 2.45) is 0 Å². The Bertz CT molecular complexity index is 593. The second-order valence-corrected chi connectivity index (χ2v) is 6.00. The molecule has 3 rings (SSSR count). The maximum Gasteiger partial charge on any atom is 0.208 e. The maximum atomic E-state index is 9.89. The number of rotatable bonds is 4. The summed E-state index contributed by atoms with van der Waals surface area (Å²) in [6.07, 6.45) is 1.15. The Labute approximate surface area is 122 Å². The maximum absolute atomic E-state index is 9.89. The zero-order valence-electron chi connectivity index (χ0n) is 11.8. The first kappa shape index (κ1) is 13.5. The van der Waals surface area contributed by atoms with E-state index in [0.717, 1.165) is 47.6 Å². The lowest BCUT2D eigenvalue weighted by Gasteiger charge is -2.26. The summed E-state index contributed by atoms with van der Waals surface area (Å²) in [4.78, 5) is 2.23. The minimum atomic E-state index is -0.463. The number of nitrogens with zero attached hydrogens (tertiary/aromatic N) is 5. The first-order chi connectivity index (χ1) is 9.71. The van der Waals surface area contributed by atoms with Crippen molar-refractivity contribution in [3.05, 3.63) is 22.5 Å². The third kappa shape index (κ3) is 2.43. The van der Waals surface area contributed by atoms with E-state index in [0.29, 0.717) is 6.42 Å². The van der Waals surface area contributed by atoms with Crippen LogP contribution in [0.3, 0.4) is 0 Å². The fourth-order valence-corrected chi connectivity index (χ4v) is 3.14. The molecular formula is C13H19N5OS. The molecule has 0 radical (unpaired) electrons. The molecule has 7 heteroatoms. The third-order valence-corrected chi connectivity index (χ3v) is 4.70. The summed E-state index contributed by atoms with van der Waals surface area (Å²) in [5, 5.41) is 24.8. The van der Waals surface area contributed by atoms with Crippen LogP contribution >= 0.6 is 11.3 Å². The van der Waals surface area contributed by atoms with E-state index >= 15 is 0 Å². The summed E-state index contributed by atoms with van der Waals surface area (Å²) in [6, 6.07) is 2.00. The van der Waals surface area contributed by atoms with Gasteiger partial charge in [0.2, 0.25) is 5.13 Å². The summed E-state index contributed by atoms with van der Waals surface area (Å²) < 4.78 is 1.99. The molecule has 0 spiro atoms. The van der Waals surface area contributed by atoms with Crippen molar-refractivity contribution in [2.45, 2.75) is 45.9 Å². The number of anilines is 1. The van der Waals surface area contributed by atoms with Crippen LogP contribution in [0, 0.1) is 0 Å². The van der Waals surface area contributed by atoms with Crippen LogP contribution in [0.25, 0.3) is 0 Å². The number of fused-ring (bicyclic) bond motifs is 1. The van der Waals surface area contributed by atoms with Crippen molar-refractivity contribution in [2.75, 3.05) is 11.4 Å². The Kier molecular flexibility index (Phi) is 3.71.